The quantitative estimate of drug-likeness (QED) is 0.550. The first-order valence-corrected chi connectivity index (χ1v) is 9.49. The minimum atomic E-state index is -0.140. The van der Waals surface area contributed by atoms with E-state index in [0.717, 1.165) is 28.1 Å². The molecule has 29 heavy (non-hydrogen) atoms. The third kappa shape index (κ3) is 3.98. The molecule has 5 nitrogen and oxygen atoms in total. The van der Waals surface area contributed by atoms with Crippen LogP contribution in [0.4, 0.5) is 0 Å². The number of hydrogen-bond donors (Lipinski definition) is 0. The molecule has 0 atom stereocenters. The van der Waals surface area contributed by atoms with Crippen LogP contribution in [0.25, 0.3) is 11.1 Å². The second-order valence-corrected chi connectivity index (χ2v) is 7.41. The number of ketones is 2. The number of carbonyl (C=O) groups is 2. The van der Waals surface area contributed by atoms with Crippen molar-refractivity contribution in [1.29, 1.82) is 5.26 Å². The highest BCUT2D eigenvalue weighted by molar-refractivity contribution is 6.32. The lowest BCUT2D eigenvalue weighted by atomic mass is 9.98. The lowest BCUT2D eigenvalue weighted by Gasteiger charge is -2.10. The number of hydrogen-bond acceptors (Lipinski definition) is 4. The highest BCUT2D eigenvalue weighted by Crippen LogP contribution is 2.30. The monoisotopic (exact) mass is 405 g/mol. The van der Waals surface area contributed by atoms with Crippen molar-refractivity contribution >= 4 is 23.2 Å². The van der Waals surface area contributed by atoms with Crippen molar-refractivity contribution in [1.82, 2.24) is 9.78 Å². The van der Waals surface area contributed by atoms with Gasteiger partial charge in [0.1, 0.15) is 6.07 Å². The summed E-state index contributed by atoms with van der Waals surface area (Å²) in [7, 11) is 0. The Hall–Kier alpha value is -3.23. The largest absolute Gasteiger partial charge is 0.294 e. The van der Waals surface area contributed by atoms with Gasteiger partial charge in [0.25, 0.3) is 0 Å². The molecule has 0 aliphatic heterocycles. The molecule has 3 aromatic rings. The number of rotatable bonds is 5. The molecule has 3 rings (SSSR count). The first-order valence-electron chi connectivity index (χ1n) is 9.11. The second kappa shape index (κ2) is 8.02. The maximum absolute atomic E-state index is 12.0. The van der Waals surface area contributed by atoms with Crippen LogP contribution in [-0.4, -0.2) is 21.3 Å². The normalized spacial score (nSPS) is 10.6. The Kier molecular flexibility index (Phi) is 5.67. The predicted octanol–water partition coefficient (Wildman–Crippen LogP) is 5.15. The molecule has 0 fully saturated rings. The van der Waals surface area contributed by atoms with Gasteiger partial charge in [-0.1, -0.05) is 29.8 Å². The van der Waals surface area contributed by atoms with E-state index < -0.39 is 0 Å². The molecule has 1 heterocycles. The summed E-state index contributed by atoms with van der Waals surface area (Å²) in [5, 5.41) is 14.1. The number of carbonyl (C=O) groups excluding carboxylic acids is 2. The lowest BCUT2D eigenvalue weighted by molar-refractivity contribution is 0.0980. The SMILES string of the molecule is CC(=O)c1ccc(Cn2nc(C)c(-c3ccc(C#N)c(Cl)c3)c2C)cc1C(C)=O. The topological polar surface area (TPSA) is 75.8 Å². The standard InChI is InChI=1S/C23H20ClN3O2/c1-13-23(18-6-7-19(11-25)22(24)10-18)14(2)27(26-13)12-17-5-8-20(15(3)28)21(9-17)16(4)29/h5-10H,12H2,1-4H3. The molecule has 0 N–H and O–H groups in total. The van der Waals surface area contributed by atoms with Crippen LogP contribution >= 0.6 is 11.6 Å². The van der Waals surface area contributed by atoms with Gasteiger partial charge in [-0.15, -0.1) is 0 Å². The second-order valence-electron chi connectivity index (χ2n) is 7.00. The van der Waals surface area contributed by atoms with Crippen LogP contribution in [0.3, 0.4) is 0 Å². The van der Waals surface area contributed by atoms with Gasteiger partial charge in [0, 0.05) is 22.4 Å². The maximum atomic E-state index is 12.0. The zero-order chi connectivity index (χ0) is 21.3. The van der Waals surface area contributed by atoms with Gasteiger partial charge in [0.2, 0.25) is 0 Å². The summed E-state index contributed by atoms with van der Waals surface area (Å²) in [6.07, 6.45) is 0. The molecule has 0 aliphatic rings. The van der Waals surface area contributed by atoms with Gasteiger partial charge >= 0.3 is 0 Å². The summed E-state index contributed by atoms with van der Waals surface area (Å²) >= 11 is 6.20. The smallest absolute Gasteiger partial charge is 0.160 e. The minimum Gasteiger partial charge on any atom is -0.294 e. The zero-order valence-electron chi connectivity index (χ0n) is 16.7. The van der Waals surface area contributed by atoms with Gasteiger partial charge in [-0.25, -0.2) is 0 Å². The summed E-state index contributed by atoms with van der Waals surface area (Å²) in [6.45, 7) is 7.27. The Bertz CT molecular complexity index is 1190. The van der Waals surface area contributed by atoms with E-state index in [2.05, 4.69) is 11.2 Å². The molecule has 0 aliphatic carbocycles. The number of nitrogens with zero attached hydrogens (tertiary/aromatic N) is 3. The lowest BCUT2D eigenvalue weighted by Crippen LogP contribution is -2.08. The van der Waals surface area contributed by atoms with E-state index in [1.165, 1.54) is 13.8 Å². The summed E-state index contributed by atoms with van der Waals surface area (Å²) in [4.78, 5) is 23.7. The van der Waals surface area contributed by atoms with Gasteiger partial charge in [0.15, 0.2) is 11.6 Å². The number of benzene rings is 2. The van der Waals surface area contributed by atoms with Gasteiger partial charge in [-0.2, -0.15) is 10.4 Å². The molecular weight excluding hydrogens is 386 g/mol. The number of aromatic nitrogens is 2. The van der Waals surface area contributed by atoms with Crippen molar-refractivity contribution in [3.8, 4) is 17.2 Å². The average molecular weight is 406 g/mol. The number of nitriles is 1. The first-order chi connectivity index (χ1) is 13.7. The Morgan fingerprint density at radius 3 is 2.34 bits per heavy atom. The third-order valence-electron chi connectivity index (χ3n) is 4.93. The molecule has 1 aromatic heterocycles. The highest BCUT2D eigenvalue weighted by Gasteiger charge is 2.17. The van der Waals surface area contributed by atoms with Crippen molar-refractivity contribution in [2.24, 2.45) is 0 Å². The molecular formula is C23H20ClN3O2. The van der Waals surface area contributed by atoms with Gasteiger partial charge in [0.05, 0.1) is 22.8 Å². The van der Waals surface area contributed by atoms with E-state index in [0.29, 0.717) is 28.3 Å². The van der Waals surface area contributed by atoms with Crippen molar-refractivity contribution in [3.05, 3.63) is 75.1 Å². The Labute approximate surface area is 174 Å². The van der Waals surface area contributed by atoms with Crippen molar-refractivity contribution in [2.75, 3.05) is 0 Å². The maximum Gasteiger partial charge on any atom is 0.160 e. The Morgan fingerprint density at radius 1 is 1.07 bits per heavy atom. The summed E-state index contributed by atoms with van der Waals surface area (Å²) in [5.74, 6) is -0.272. The third-order valence-corrected chi connectivity index (χ3v) is 5.25. The first kappa shape index (κ1) is 20.5. The van der Waals surface area contributed by atoms with E-state index in [9.17, 15) is 9.59 Å². The van der Waals surface area contributed by atoms with E-state index in [-0.39, 0.29) is 11.6 Å². The van der Waals surface area contributed by atoms with Gasteiger partial charge in [-0.05, 0) is 57.0 Å². The zero-order valence-corrected chi connectivity index (χ0v) is 17.5. The number of Topliss-reactive ketones (excluding diaryl/α,β-unsaturated/α-hetero) is 2. The van der Waals surface area contributed by atoms with Crippen LogP contribution < -0.4 is 0 Å². The summed E-state index contributed by atoms with van der Waals surface area (Å²) in [6, 6.07) is 12.7. The molecule has 0 unspecified atom stereocenters. The summed E-state index contributed by atoms with van der Waals surface area (Å²) in [5.41, 5.74) is 5.82. The number of halogens is 1. The predicted molar refractivity (Wildman–Crippen MR) is 112 cm³/mol. The van der Waals surface area contributed by atoms with E-state index in [1.54, 1.807) is 24.3 Å². The van der Waals surface area contributed by atoms with Crippen molar-refractivity contribution in [3.63, 3.8) is 0 Å². The Morgan fingerprint density at radius 2 is 1.76 bits per heavy atom. The fourth-order valence-corrected chi connectivity index (χ4v) is 3.71. The minimum absolute atomic E-state index is 0.132. The van der Waals surface area contributed by atoms with E-state index in [1.807, 2.05) is 30.7 Å². The molecule has 0 saturated carbocycles. The van der Waals surface area contributed by atoms with Crippen molar-refractivity contribution in [2.45, 2.75) is 34.2 Å². The number of aryl methyl sites for hydroxylation is 1. The molecule has 0 radical (unpaired) electrons. The molecule has 0 saturated heterocycles. The van der Waals surface area contributed by atoms with Crippen LogP contribution in [0.5, 0.6) is 0 Å². The van der Waals surface area contributed by atoms with Crippen molar-refractivity contribution < 1.29 is 9.59 Å². The van der Waals surface area contributed by atoms with Crippen LogP contribution in [0.2, 0.25) is 5.02 Å². The van der Waals surface area contributed by atoms with Gasteiger partial charge in [-0.3, -0.25) is 14.3 Å². The summed E-state index contributed by atoms with van der Waals surface area (Å²) < 4.78 is 1.86. The van der Waals surface area contributed by atoms with E-state index in [4.69, 9.17) is 16.9 Å². The van der Waals surface area contributed by atoms with Crippen LogP contribution in [0.1, 0.15) is 57.1 Å². The van der Waals surface area contributed by atoms with E-state index >= 15 is 0 Å². The van der Waals surface area contributed by atoms with Crippen LogP contribution in [0, 0.1) is 25.2 Å². The molecule has 0 spiro atoms. The Balaban J connectivity index is 2.01. The van der Waals surface area contributed by atoms with Crippen LogP contribution in [-0.2, 0) is 6.54 Å². The fraction of sp³-hybridized carbons (Fsp3) is 0.217. The molecule has 0 amide bonds. The molecule has 6 heteroatoms. The molecule has 2 aromatic carbocycles. The highest BCUT2D eigenvalue weighted by atomic mass is 35.5. The fourth-order valence-electron chi connectivity index (χ4n) is 3.49. The van der Waals surface area contributed by atoms with Crippen LogP contribution in [0.15, 0.2) is 36.4 Å². The average Bonchev–Trinajstić information content (AvgIpc) is 2.94. The van der Waals surface area contributed by atoms with Gasteiger partial charge < -0.3 is 0 Å². The molecule has 0 bridgehead atoms. The molecule has 146 valence electrons.